The molecule has 16 heavy (non-hydrogen) atoms. The molecule has 0 aromatic heterocycles. The molecule has 0 aromatic rings. The van der Waals surface area contributed by atoms with Crippen LogP contribution in [0, 0.1) is 0 Å². The summed E-state index contributed by atoms with van der Waals surface area (Å²) < 4.78 is 0. The Bertz CT molecular complexity index is 233. The highest BCUT2D eigenvalue weighted by Gasteiger charge is 2.49. The number of nitrogens with two attached hydrogens (primary N) is 1. The number of hydrogen-bond donors (Lipinski definition) is 2. The summed E-state index contributed by atoms with van der Waals surface area (Å²) in [6.07, 6.45) is 3.64. The summed E-state index contributed by atoms with van der Waals surface area (Å²) in [7, 11) is 0. The Kier molecular flexibility index (Phi) is 3.84. The molecule has 0 radical (unpaired) electrons. The number of likely N-dealkylation sites (tertiary alicyclic amines) is 1. The molecular weight excluding hydrogens is 220 g/mol. The highest BCUT2D eigenvalue weighted by molar-refractivity contribution is 7.99. The van der Waals surface area contributed by atoms with E-state index >= 15 is 0 Å². The maximum absolute atomic E-state index is 10.8. The average molecular weight is 244 g/mol. The van der Waals surface area contributed by atoms with Gasteiger partial charge in [-0.1, -0.05) is 6.92 Å². The maximum atomic E-state index is 10.8. The Hall–Kier alpha value is 0.230. The second kappa shape index (κ2) is 4.84. The Morgan fingerprint density at radius 2 is 1.75 bits per heavy atom. The summed E-state index contributed by atoms with van der Waals surface area (Å²) in [6, 6.07) is 0. The first-order valence-electron chi connectivity index (χ1n) is 6.41. The monoisotopic (exact) mass is 244 g/mol. The number of thioether (sulfide) groups is 1. The topological polar surface area (TPSA) is 49.5 Å². The van der Waals surface area contributed by atoms with Crippen LogP contribution in [-0.4, -0.2) is 52.3 Å². The van der Waals surface area contributed by atoms with Crippen LogP contribution in [0.3, 0.4) is 0 Å². The van der Waals surface area contributed by atoms with Crippen molar-refractivity contribution in [3.05, 3.63) is 0 Å². The minimum atomic E-state index is -0.611. The summed E-state index contributed by atoms with van der Waals surface area (Å²) in [6.45, 7) is 5.27. The third-order valence-corrected chi connectivity index (χ3v) is 5.43. The van der Waals surface area contributed by atoms with E-state index in [4.69, 9.17) is 5.73 Å². The van der Waals surface area contributed by atoms with Gasteiger partial charge in [-0.25, -0.2) is 0 Å². The molecule has 0 aliphatic carbocycles. The fourth-order valence-corrected chi connectivity index (χ4v) is 4.16. The van der Waals surface area contributed by atoms with Crippen molar-refractivity contribution in [3.8, 4) is 0 Å². The molecule has 0 atom stereocenters. The standard InChI is InChI=1S/C12H24N2OS/c1-2-14-7-3-12(15,4-8-14)11(13)5-9-16-10-6-11/h15H,2-10,13H2,1H3. The molecule has 94 valence electrons. The van der Waals surface area contributed by atoms with E-state index < -0.39 is 5.60 Å². The molecule has 0 unspecified atom stereocenters. The molecule has 2 aliphatic rings. The molecule has 2 fully saturated rings. The first-order valence-corrected chi connectivity index (χ1v) is 7.56. The van der Waals surface area contributed by atoms with Gasteiger partial charge in [-0.05, 0) is 43.7 Å². The molecule has 0 saturated carbocycles. The van der Waals surface area contributed by atoms with Gasteiger partial charge >= 0.3 is 0 Å². The molecule has 3 N–H and O–H groups in total. The van der Waals surface area contributed by atoms with Crippen LogP contribution < -0.4 is 5.73 Å². The van der Waals surface area contributed by atoms with Crippen LogP contribution in [0.4, 0.5) is 0 Å². The molecule has 4 heteroatoms. The van der Waals surface area contributed by atoms with Crippen LogP contribution in [0.2, 0.25) is 0 Å². The molecule has 2 aliphatic heterocycles. The lowest BCUT2D eigenvalue weighted by Crippen LogP contribution is -2.65. The summed E-state index contributed by atoms with van der Waals surface area (Å²) in [5.74, 6) is 2.21. The summed E-state index contributed by atoms with van der Waals surface area (Å²) >= 11 is 1.96. The Labute approximate surface area is 103 Å². The fraction of sp³-hybridized carbons (Fsp3) is 1.00. The van der Waals surface area contributed by atoms with Crippen molar-refractivity contribution in [2.45, 2.75) is 43.7 Å². The SMILES string of the molecule is CCN1CCC(O)(C2(N)CCSCC2)CC1. The van der Waals surface area contributed by atoms with Crippen molar-refractivity contribution in [2.75, 3.05) is 31.1 Å². The van der Waals surface area contributed by atoms with Crippen LogP contribution >= 0.6 is 11.8 Å². The van der Waals surface area contributed by atoms with Crippen molar-refractivity contribution < 1.29 is 5.11 Å². The Balaban J connectivity index is 2.01. The summed E-state index contributed by atoms with van der Waals surface area (Å²) in [5, 5.41) is 10.8. The van der Waals surface area contributed by atoms with E-state index in [2.05, 4.69) is 11.8 Å². The van der Waals surface area contributed by atoms with E-state index in [9.17, 15) is 5.11 Å². The number of aliphatic hydroxyl groups is 1. The van der Waals surface area contributed by atoms with Crippen LogP contribution in [0.1, 0.15) is 32.6 Å². The van der Waals surface area contributed by atoms with E-state index in [-0.39, 0.29) is 5.54 Å². The Morgan fingerprint density at radius 3 is 2.25 bits per heavy atom. The third-order valence-electron chi connectivity index (χ3n) is 4.44. The summed E-state index contributed by atoms with van der Waals surface area (Å²) in [4.78, 5) is 2.40. The van der Waals surface area contributed by atoms with Gasteiger partial charge in [-0.2, -0.15) is 11.8 Å². The van der Waals surface area contributed by atoms with Crippen LogP contribution in [0.15, 0.2) is 0 Å². The lowest BCUT2D eigenvalue weighted by Gasteiger charge is -2.50. The highest BCUT2D eigenvalue weighted by Crippen LogP contribution is 2.39. The molecule has 0 amide bonds. The first kappa shape index (κ1) is 12.7. The number of hydrogen-bond acceptors (Lipinski definition) is 4. The van der Waals surface area contributed by atoms with E-state index in [1.807, 2.05) is 11.8 Å². The van der Waals surface area contributed by atoms with Gasteiger partial charge in [-0.15, -0.1) is 0 Å². The lowest BCUT2D eigenvalue weighted by molar-refractivity contribution is -0.0827. The minimum Gasteiger partial charge on any atom is -0.388 e. The summed E-state index contributed by atoms with van der Waals surface area (Å²) in [5.41, 5.74) is 5.54. The lowest BCUT2D eigenvalue weighted by atomic mass is 9.70. The number of piperidine rings is 1. The molecule has 0 spiro atoms. The fourth-order valence-electron chi connectivity index (χ4n) is 2.94. The van der Waals surface area contributed by atoms with Gasteiger partial charge in [-0.3, -0.25) is 0 Å². The van der Waals surface area contributed by atoms with E-state index in [0.29, 0.717) is 0 Å². The second-order valence-electron chi connectivity index (χ2n) is 5.23. The van der Waals surface area contributed by atoms with Gasteiger partial charge < -0.3 is 15.7 Å². The molecule has 2 rings (SSSR count). The van der Waals surface area contributed by atoms with Crippen LogP contribution in [-0.2, 0) is 0 Å². The normalized spacial score (nSPS) is 30.2. The van der Waals surface area contributed by atoms with Gasteiger partial charge in [0, 0.05) is 18.6 Å². The quantitative estimate of drug-likeness (QED) is 0.762. The van der Waals surface area contributed by atoms with Crippen LogP contribution in [0.25, 0.3) is 0 Å². The van der Waals surface area contributed by atoms with E-state index in [0.717, 1.165) is 56.8 Å². The van der Waals surface area contributed by atoms with Crippen molar-refractivity contribution in [3.63, 3.8) is 0 Å². The van der Waals surface area contributed by atoms with Gasteiger partial charge in [0.2, 0.25) is 0 Å². The number of nitrogens with zero attached hydrogens (tertiary/aromatic N) is 1. The third kappa shape index (κ3) is 2.26. The predicted octanol–water partition coefficient (Wildman–Crippen LogP) is 1.06. The number of rotatable bonds is 2. The zero-order valence-electron chi connectivity index (χ0n) is 10.2. The van der Waals surface area contributed by atoms with E-state index in [1.54, 1.807) is 0 Å². The minimum absolute atomic E-state index is 0.321. The Morgan fingerprint density at radius 1 is 1.19 bits per heavy atom. The zero-order valence-corrected chi connectivity index (χ0v) is 11.1. The molecule has 2 saturated heterocycles. The van der Waals surface area contributed by atoms with Gasteiger partial charge in [0.25, 0.3) is 0 Å². The molecule has 3 nitrogen and oxygen atoms in total. The highest BCUT2D eigenvalue weighted by atomic mass is 32.2. The largest absolute Gasteiger partial charge is 0.388 e. The van der Waals surface area contributed by atoms with Gasteiger partial charge in [0.1, 0.15) is 0 Å². The van der Waals surface area contributed by atoms with E-state index in [1.165, 1.54) is 0 Å². The molecule has 0 bridgehead atoms. The predicted molar refractivity (Wildman–Crippen MR) is 69.8 cm³/mol. The second-order valence-corrected chi connectivity index (χ2v) is 6.46. The van der Waals surface area contributed by atoms with Crippen LogP contribution in [0.5, 0.6) is 0 Å². The van der Waals surface area contributed by atoms with Gasteiger partial charge in [0.05, 0.1) is 5.60 Å². The van der Waals surface area contributed by atoms with Gasteiger partial charge in [0.15, 0.2) is 0 Å². The van der Waals surface area contributed by atoms with Crippen molar-refractivity contribution >= 4 is 11.8 Å². The zero-order chi connectivity index (χ0) is 11.6. The smallest absolute Gasteiger partial charge is 0.0851 e. The molecule has 2 heterocycles. The molecular formula is C12H24N2OS. The van der Waals surface area contributed by atoms with Crippen molar-refractivity contribution in [1.29, 1.82) is 0 Å². The average Bonchev–Trinajstić information content (AvgIpc) is 2.31. The maximum Gasteiger partial charge on any atom is 0.0851 e. The van der Waals surface area contributed by atoms with Crippen molar-refractivity contribution in [2.24, 2.45) is 5.73 Å². The van der Waals surface area contributed by atoms with Crippen molar-refractivity contribution in [1.82, 2.24) is 4.90 Å². The first-order chi connectivity index (χ1) is 7.60. The molecule has 0 aromatic carbocycles.